The highest BCUT2D eigenvalue weighted by atomic mass is 15.3. The number of benzene rings is 1. The van der Waals surface area contributed by atoms with Gasteiger partial charge in [0.2, 0.25) is 0 Å². The van der Waals surface area contributed by atoms with Gasteiger partial charge in [0.25, 0.3) is 0 Å². The van der Waals surface area contributed by atoms with Crippen LogP contribution in [-0.4, -0.2) is 29.9 Å². The van der Waals surface area contributed by atoms with E-state index in [1.165, 1.54) is 16.9 Å². The first-order valence-electron chi connectivity index (χ1n) is 7.69. The van der Waals surface area contributed by atoms with Gasteiger partial charge in [0.15, 0.2) is 0 Å². The van der Waals surface area contributed by atoms with Gasteiger partial charge >= 0.3 is 0 Å². The molecular weight excluding hydrogens is 260 g/mol. The van der Waals surface area contributed by atoms with Crippen LogP contribution < -0.4 is 10.2 Å². The number of nitrogens with one attached hydrogen (secondary N) is 1. The zero-order valence-electron chi connectivity index (χ0n) is 13.3. The number of para-hydroxylation sites is 1. The standard InChI is InChI=1S/C17H26N4/c1-4-17-15(14-21(3)19-17)13-18-11-8-12-20(2)16-9-6-5-7-10-16/h5-7,9-10,14,18H,4,8,11-13H2,1-3H3. The van der Waals surface area contributed by atoms with E-state index in [-0.39, 0.29) is 0 Å². The summed E-state index contributed by atoms with van der Waals surface area (Å²) in [5, 5.41) is 7.98. The number of nitrogens with zero attached hydrogens (tertiary/aromatic N) is 3. The van der Waals surface area contributed by atoms with Crippen molar-refractivity contribution in [2.24, 2.45) is 7.05 Å². The lowest BCUT2D eigenvalue weighted by molar-refractivity contribution is 0.643. The Hall–Kier alpha value is -1.81. The fraction of sp³-hybridized carbons (Fsp3) is 0.471. The van der Waals surface area contributed by atoms with Gasteiger partial charge in [-0.3, -0.25) is 4.68 Å². The van der Waals surface area contributed by atoms with Crippen molar-refractivity contribution in [3.8, 4) is 0 Å². The minimum absolute atomic E-state index is 0.909. The molecule has 0 spiro atoms. The molecule has 1 N–H and O–H groups in total. The Morgan fingerprint density at radius 3 is 2.71 bits per heavy atom. The molecule has 114 valence electrons. The monoisotopic (exact) mass is 286 g/mol. The summed E-state index contributed by atoms with van der Waals surface area (Å²) in [5.41, 5.74) is 3.79. The molecular formula is C17H26N4. The van der Waals surface area contributed by atoms with Gasteiger partial charge in [-0.05, 0) is 31.5 Å². The van der Waals surface area contributed by atoms with Crippen LogP contribution in [0.2, 0.25) is 0 Å². The van der Waals surface area contributed by atoms with E-state index < -0.39 is 0 Å². The number of hydrogen-bond acceptors (Lipinski definition) is 3. The lowest BCUT2D eigenvalue weighted by atomic mass is 10.2. The second-order valence-corrected chi connectivity index (χ2v) is 5.42. The van der Waals surface area contributed by atoms with Crippen molar-refractivity contribution in [1.29, 1.82) is 0 Å². The average molecular weight is 286 g/mol. The first kappa shape index (κ1) is 15.6. The molecule has 0 atom stereocenters. The number of hydrogen-bond donors (Lipinski definition) is 1. The SMILES string of the molecule is CCc1nn(C)cc1CNCCCN(C)c1ccccc1. The number of aryl methyl sites for hydroxylation is 2. The van der Waals surface area contributed by atoms with Gasteiger partial charge in [0.05, 0.1) is 5.69 Å². The molecule has 21 heavy (non-hydrogen) atoms. The van der Waals surface area contributed by atoms with E-state index in [1.54, 1.807) is 0 Å². The van der Waals surface area contributed by atoms with Crippen molar-refractivity contribution >= 4 is 5.69 Å². The smallest absolute Gasteiger partial charge is 0.0666 e. The third kappa shape index (κ3) is 4.60. The van der Waals surface area contributed by atoms with E-state index in [4.69, 9.17) is 0 Å². The maximum absolute atomic E-state index is 4.46. The van der Waals surface area contributed by atoms with Crippen LogP contribution in [0.25, 0.3) is 0 Å². The second kappa shape index (κ2) is 7.84. The zero-order chi connectivity index (χ0) is 15.1. The maximum atomic E-state index is 4.46. The maximum Gasteiger partial charge on any atom is 0.0666 e. The van der Waals surface area contributed by atoms with Crippen molar-refractivity contribution in [3.63, 3.8) is 0 Å². The molecule has 0 aliphatic carbocycles. The molecule has 0 fully saturated rings. The van der Waals surface area contributed by atoms with Gasteiger partial charge in [0, 0.05) is 44.6 Å². The summed E-state index contributed by atoms with van der Waals surface area (Å²) >= 11 is 0. The molecule has 4 nitrogen and oxygen atoms in total. The van der Waals surface area contributed by atoms with E-state index in [1.807, 2.05) is 11.7 Å². The van der Waals surface area contributed by atoms with Crippen LogP contribution in [0.15, 0.2) is 36.5 Å². The molecule has 0 unspecified atom stereocenters. The van der Waals surface area contributed by atoms with Gasteiger partial charge < -0.3 is 10.2 Å². The summed E-state index contributed by atoms with van der Waals surface area (Å²) in [6.45, 7) is 5.15. The fourth-order valence-electron chi connectivity index (χ4n) is 2.50. The molecule has 0 saturated carbocycles. The number of rotatable bonds is 8. The Labute approximate surface area is 127 Å². The number of aromatic nitrogens is 2. The largest absolute Gasteiger partial charge is 0.375 e. The molecule has 0 radical (unpaired) electrons. The molecule has 2 aromatic rings. The van der Waals surface area contributed by atoms with Crippen LogP contribution in [-0.2, 0) is 20.0 Å². The first-order valence-corrected chi connectivity index (χ1v) is 7.69. The highest BCUT2D eigenvalue weighted by Gasteiger charge is 2.05. The third-order valence-electron chi connectivity index (χ3n) is 3.69. The zero-order valence-corrected chi connectivity index (χ0v) is 13.3. The van der Waals surface area contributed by atoms with E-state index in [0.29, 0.717) is 0 Å². The van der Waals surface area contributed by atoms with Crippen LogP contribution in [0.4, 0.5) is 5.69 Å². The summed E-state index contributed by atoms with van der Waals surface area (Å²) < 4.78 is 1.90. The molecule has 4 heteroatoms. The lowest BCUT2D eigenvalue weighted by Gasteiger charge is -2.19. The van der Waals surface area contributed by atoms with Gasteiger partial charge in [-0.15, -0.1) is 0 Å². The second-order valence-electron chi connectivity index (χ2n) is 5.42. The Balaban J connectivity index is 1.68. The average Bonchev–Trinajstić information content (AvgIpc) is 2.87. The predicted molar refractivity (Wildman–Crippen MR) is 88.6 cm³/mol. The molecule has 2 rings (SSSR count). The number of anilines is 1. The van der Waals surface area contributed by atoms with Gasteiger partial charge in [-0.2, -0.15) is 5.10 Å². The van der Waals surface area contributed by atoms with E-state index >= 15 is 0 Å². The molecule has 1 aromatic carbocycles. The Kier molecular flexibility index (Phi) is 5.81. The lowest BCUT2D eigenvalue weighted by Crippen LogP contribution is -2.23. The van der Waals surface area contributed by atoms with Gasteiger partial charge in [-0.1, -0.05) is 25.1 Å². The highest BCUT2D eigenvalue weighted by Crippen LogP contribution is 2.11. The van der Waals surface area contributed by atoms with E-state index in [2.05, 4.69) is 65.8 Å². The van der Waals surface area contributed by atoms with Crippen molar-refractivity contribution in [2.75, 3.05) is 25.0 Å². The Morgan fingerprint density at radius 2 is 2.00 bits per heavy atom. The highest BCUT2D eigenvalue weighted by molar-refractivity contribution is 5.44. The molecule has 0 bridgehead atoms. The van der Waals surface area contributed by atoms with Crippen LogP contribution in [0.1, 0.15) is 24.6 Å². The summed E-state index contributed by atoms with van der Waals surface area (Å²) in [6, 6.07) is 10.5. The molecule has 0 amide bonds. The summed E-state index contributed by atoms with van der Waals surface area (Å²) in [6.07, 6.45) is 4.24. The fourth-order valence-corrected chi connectivity index (χ4v) is 2.50. The van der Waals surface area contributed by atoms with Crippen molar-refractivity contribution in [3.05, 3.63) is 47.8 Å². The molecule has 0 saturated heterocycles. The first-order chi connectivity index (χ1) is 10.2. The quantitative estimate of drug-likeness (QED) is 0.757. The summed E-state index contributed by atoms with van der Waals surface area (Å²) in [5.74, 6) is 0. The Morgan fingerprint density at radius 1 is 1.24 bits per heavy atom. The van der Waals surface area contributed by atoms with Crippen molar-refractivity contribution in [1.82, 2.24) is 15.1 Å². The predicted octanol–water partition coefficient (Wildman–Crippen LogP) is 2.60. The van der Waals surface area contributed by atoms with Crippen molar-refractivity contribution < 1.29 is 0 Å². The van der Waals surface area contributed by atoms with Crippen molar-refractivity contribution in [2.45, 2.75) is 26.3 Å². The van der Waals surface area contributed by atoms with E-state index in [0.717, 1.165) is 32.5 Å². The summed E-state index contributed by atoms with van der Waals surface area (Å²) in [4.78, 5) is 2.29. The third-order valence-corrected chi connectivity index (χ3v) is 3.69. The van der Waals surface area contributed by atoms with Crippen LogP contribution in [0, 0.1) is 0 Å². The normalized spacial score (nSPS) is 10.8. The molecule has 0 aliphatic heterocycles. The molecule has 0 aliphatic rings. The molecule has 1 heterocycles. The minimum Gasteiger partial charge on any atom is -0.375 e. The van der Waals surface area contributed by atoms with Gasteiger partial charge in [0.1, 0.15) is 0 Å². The van der Waals surface area contributed by atoms with Crippen LogP contribution in [0.5, 0.6) is 0 Å². The minimum atomic E-state index is 0.909. The summed E-state index contributed by atoms with van der Waals surface area (Å²) in [7, 11) is 4.13. The van der Waals surface area contributed by atoms with Gasteiger partial charge in [-0.25, -0.2) is 0 Å². The van der Waals surface area contributed by atoms with E-state index in [9.17, 15) is 0 Å². The van der Waals surface area contributed by atoms with Crippen LogP contribution in [0.3, 0.4) is 0 Å². The topological polar surface area (TPSA) is 33.1 Å². The molecule has 1 aromatic heterocycles. The van der Waals surface area contributed by atoms with Crippen LogP contribution >= 0.6 is 0 Å². The Bertz CT molecular complexity index is 533.